The molecule has 2 aliphatic rings. The third kappa shape index (κ3) is 4.62. The first-order valence-electron chi connectivity index (χ1n) is 11.6. The average Bonchev–Trinajstić information content (AvgIpc) is 3.45. The van der Waals surface area contributed by atoms with Gasteiger partial charge < -0.3 is 19.3 Å². The first-order chi connectivity index (χ1) is 17.0. The number of amides is 2. The summed E-state index contributed by atoms with van der Waals surface area (Å²) in [7, 11) is 0. The van der Waals surface area contributed by atoms with Crippen molar-refractivity contribution in [3.8, 4) is 11.1 Å². The second-order valence-corrected chi connectivity index (χ2v) is 8.77. The van der Waals surface area contributed by atoms with E-state index in [0.29, 0.717) is 13.0 Å². The summed E-state index contributed by atoms with van der Waals surface area (Å²) in [6.45, 7) is 0.600. The van der Waals surface area contributed by atoms with E-state index < -0.39 is 18.0 Å². The fourth-order valence-electron chi connectivity index (χ4n) is 5.00. The molecule has 1 aliphatic heterocycles. The molecule has 2 aromatic carbocycles. The van der Waals surface area contributed by atoms with Gasteiger partial charge in [-0.05, 0) is 41.5 Å². The monoisotopic (exact) mass is 475 g/mol. The molecule has 0 saturated carbocycles. The van der Waals surface area contributed by atoms with Gasteiger partial charge in [0.25, 0.3) is 5.91 Å². The number of carboxylic acid groups (broad SMARTS) is 1. The normalized spacial score (nSPS) is 16.9. The Morgan fingerprint density at radius 3 is 2.43 bits per heavy atom. The van der Waals surface area contributed by atoms with E-state index in [4.69, 9.17) is 14.4 Å². The van der Waals surface area contributed by atoms with Crippen LogP contribution in [0, 0.1) is 0 Å². The van der Waals surface area contributed by atoms with Crippen molar-refractivity contribution in [2.45, 2.75) is 37.6 Å². The van der Waals surface area contributed by atoms with Crippen LogP contribution in [-0.2, 0) is 9.53 Å². The molecule has 2 N–H and O–H groups in total. The van der Waals surface area contributed by atoms with Gasteiger partial charge >= 0.3 is 12.1 Å². The Labute approximate surface area is 201 Å². The van der Waals surface area contributed by atoms with Crippen LogP contribution in [0.2, 0.25) is 0 Å². The minimum absolute atomic E-state index is 0.0104. The summed E-state index contributed by atoms with van der Waals surface area (Å²) in [5, 5.41) is 15.4. The lowest BCUT2D eigenvalue weighted by atomic mass is 9.98. The summed E-state index contributed by atoms with van der Waals surface area (Å²) in [5.74, 6) is -1.46. The molecular weight excluding hydrogens is 450 g/mol. The summed E-state index contributed by atoms with van der Waals surface area (Å²) in [4.78, 5) is 38.0. The molecule has 1 fully saturated rings. The first kappa shape index (κ1) is 22.6. The van der Waals surface area contributed by atoms with E-state index >= 15 is 0 Å². The van der Waals surface area contributed by atoms with Crippen molar-refractivity contribution in [3.63, 3.8) is 0 Å². The van der Waals surface area contributed by atoms with Gasteiger partial charge in [0.05, 0.1) is 6.42 Å². The predicted octanol–water partition coefficient (Wildman–Crippen LogP) is 4.51. The van der Waals surface area contributed by atoms with Gasteiger partial charge in [-0.15, -0.1) is 0 Å². The largest absolute Gasteiger partial charge is 0.481 e. The van der Waals surface area contributed by atoms with Crippen molar-refractivity contribution >= 4 is 23.9 Å². The molecule has 1 aromatic heterocycles. The first-order valence-corrected chi connectivity index (χ1v) is 11.6. The van der Waals surface area contributed by atoms with Crippen LogP contribution in [0.25, 0.3) is 11.1 Å². The standard InChI is InChI=1S/C26H25N3O6/c30-24(31)13-16-7-5-6-12-29(16)25(32)22-14-23(35-28-22)27-26(33)34-15-21-19-10-3-1-8-17(19)18-9-2-4-11-20(18)21/h1-4,8-11,14,16,21H,5-7,12-13,15H2,(H,27,33)(H,30,31). The number of aromatic nitrogens is 1. The Balaban J connectivity index is 1.22. The number of hydrogen-bond donors (Lipinski definition) is 2. The molecule has 3 aromatic rings. The maximum absolute atomic E-state index is 12.9. The highest BCUT2D eigenvalue weighted by Gasteiger charge is 2.32. The molecule has 9 nitrogen and oxygen atoms in total. The van der Waals surface area contributed by atoms with Crippen LogP contribution < -0.4 is 5.32 Å². The number of carbonyl (C=O) groups is 3. The molecule has 5 rings (SSSR count). The molecule has 35 heavy (non-hydrogen) atoms. The maximum Gasteiger partial charge on any atom is 0.414 e. The highest BCUT2D eigenvalue weighted by atomic mass is 16.6. The smallest absolute Gasteiger partial charge is 0.414 e. The van der Waals surface area contributed by atoms with Crippen molar-refractivity contribution < 1.29 is 28.8 Å². The van der Waals surface area contributed by atoms with Crippen LogP contribution in [0.15, 0.2) is 59.1 Å². The fraction of sp³-hybridized carbons (Fsp3) is 0.308. The van der Waals surface area contributed by atoms with E-state index in [9.17, 15) is 14.4 Å². The molecule has 1 saturated heterocycles. The molecule has 0 radical (unpaired) electrons. The number of aliphatic carboxylic acids is 1. The topological polar surface area (TPSA) is 122 Å². The molecule has 180 valence electrons. The Morgan fingerprint density at radius 2 is 1.74 bits per heavy atom. The van der Waals surface area contributed by atoms with Crippen LogP contribution in [0.3, 0.4) is 0 Å². The van der Waals surface area contributed by atoms with Gasteiger partial charge in [0.1, 0.15) is 6.61 Å². The predicted molar refractivity (Wildman–Crippen MR) is 126 cm³/mol. The van der Waals surface area contributed by atoms with Gasteiger partial charge in [0, 0.05) is 24.6 Å². The van der Waals surface area contributed by atoms with Gasteiger partial charge in [-0.25, -0.2) is 4.79 Å². The Morgan fingerprint density at radius 1 is 1.06 bits per heavy atom. The second kappa shape index (κ2) is 9.61. The van der Waals surface area contributed by atoms with Gasteiger partial charge in [-0.1, -0.05) is 53.7 Å². The molecular formula is C26H25N3O6. The van der Waals surface area contributed by atoms with E-state index in [2.05, 4.69) is 22.6 Å². The zero-order valence-corrected chi connectivity index (χ0v) is 19.0. The van der Waals surface area contributed by atoms with E-state index in [1.165, 1.54) is 11.0 Å². The second-order valence-electron chi connectivity index (χ2n) is 8.77. The third-order valence-electron chi connectivity index (χ3n) is 6.60. The van der Waals surface area contributed by atoms with Crippen molar-refractivity contribution in [2.75, 3.05) is 18.5 Å². The van der Waals surface area contributed by atoms with Crippen molar-refractivity contribution in [1.82, 2.24) is 10.1 Å². The molecule has 2 heterocycles. The number of likely N-dealkylation sites (tertiary alicyclic amines) is 1. The van der Waals surface area contributed by atoms with Crippen LogP contribution in [0.5, 0.6) is 0 Å². The van der Waals surface area contributed by atoms with E-state index in [1.54, 1.807) is 0 Å². The molecule has 1 atom stereocenters. The van der Waals surface area contributed by atoms with Crippen molar-refractivity contribution in [1.29, 1.82) is 0 Å². The molecule has 0 bridgehead atoms. The zero-order valence-electron chi connectivity index (χ0n) is 19.0. The van der Waals surface area contributed by atoms with E-state index in [0.717, 1.165) is 35.1 Å². The number of nitrogens with zero attached hydrogens (tertiary/aromatic N) is 2. The number of nitrogens with one attached hydrogen (secondary N) is 1. The fourth-order valence-corrected chi connectivity index (χ4v) is 5.00. The van der Waals surface area contributed by atoms with Gasteiger partial charge in [-0.3, -0.25) is 14.9 Å². The van der Waals surface area contributed by atoms with E-state index in [-0.39, 0.29) is 36.6 Å². The summed E-state index contributed by atoms with van der Waals surface area (Å²) in [6.07, 6.45) is 1.46. The summed E-state index contributed by atoms with van der Waals surface area (Å²) < 4.78 is 10.6. The number of anilines is 1. The molecule has 1 unspecified atom stereocenters. The lowest BCUT2D eigenvalue weighted by molar-refractivity contribution is -0.138. The van der Waals surface area contributed by atoms with Crippen LogP contribution >= 0.6 is 0 Å². The highest BCUT2D eigenvalue weighted by Crippen LogP contribution is 2.44. The minimum atomic E-state index is -0.951. The van der Waals surface area contributed by atoms with Gasteiger partial charge in [-0.2, -0.15) is 0 Å². The number of carboxylic acids is 1. The van der Waals surface area contributed by atoms with Crippen molar-refractivity contribution in [2.24, 2.45) is 0 Å². The molecule has 2 amide bonds. The average molecular weight is 476 g/mol. The van der Waals surface area contributed by atoms with Gasteiger partial charge in [0.15, 0.2) is 5.69 Å². The maximum atomic E-state index is 12.9. The Kier molecular flexibility index (Phi) is 6.22. The summed E-state index contributed by atoms with van der Waals surface area (Å²) in [5.41, 5.74) is 4.48. The Hall–Kier alpha value is -4.14. The quantitative estimate of drug-likeness (QED) is 0.538. The molecule has 0 spiro atoms. The zero-order chi connectivity index (χ0) is 24.4. The molecule has 1 aliphatic carbocycles. The lowest BCUT2D eigenvalue weighted by Crippen LogP contribution is -2.44. The SMILES string of the molecule is O=C(O)CC1CCCCN1C(=O)c1cc(NC(=O)OCC2c3ccccc3-c3ccccc32)on1. The summed E-state index contributed by atoms with van der Waals surface area (Å²) in [6, 6.07) is 17.0. The number of benzene rings is 2. The number of fused-ring (bicyclic) bond motifs is 3. The van der Waals surface area contributed by atoms with Crippen LogP contribution in [-0.4, -0.2) is 52.3 Å². The number of rotatable bonds is 6. The van der Waals surface area contributed by atoms with Crippen LogP contribution in [0.1, 0.15) is 53.2 Å². The van der Waals surface area contributed by atoms with E-state index in [1.807, 2.05) is 36.4 Å². The minimum Gasteiger partial charge on any atom is -0.481 e. The number of piperidine rings is 1. The Bertz CT molecular complexity index is 1220. The third-order valence-corrected chi connectivity index (χ3v) is 6.60. The van der Waals surface area contributed by atoms with Gasteiger partial charge in [0.2, 0.25) is 5.88 Å². The molecule has 9 heteroatoms. The van der Waals surface area contributed by atoms with Crippen molar-refractivity contribution in [3.05, 3.63) is 71.4 Å². The number of carbonyl (C=O) groups excluding carboxylic acids is 2. The summed E-state index contributed by atoms with van der Waals surface area (Å²) >= 11 is 0. The lowest BCUT2D eigenvalue weighted by Gasteiger charge is -2.34. The highest BCUT2D eigenvalue weighted by molar-refractivity contribution is 5.94. The van der Waals surface area contributed by atoms with Crippen LogP contribution in [0.4, 0.5) is 10.7 Å². The number of ether oxygens (including phenoxy) is 1. The number of hydrogen-bond acceptors (Lipinski definition) is 6.